The third-order valence-corrected chi connectivity index (χ3v) is 2.71. The zero-order valence-electron chi connectivity index (χ0n) is 10.5. The molecule has 0 radical (unpaired) electrons. The van der Waals surface area contributed by atoms with E-state index in [1.54, 1.807) is 0 Å². The number of hydrogen-bond acceptors (Lipinski definition) is 2. The smallest absolute Gasteiger partial charge is 0.433 e. The van der Waals surface area contributed by atoms with Crippen LogP contribution in [0.5, 0.6) is 0 Å². The number of benzene rings is 1. The second-order valence-electron chi connectivity index (χ2n) is 4.28. The summed E-state index contributed by atoms with van der Waals surface area (Å²) in [7, 11) is 0. The van der Waals surface area contributed by atoms with Crippen LogP contribution in [0.3, 0.4) is 0 Å². The largest absolute Gasteiger partial charge is 0.481 e. The van der Waals surface area contributed by atoms with E-state index >= 15 is 0 Å². The normalized spacial score (nSPS) is 11.4. The molecule has 0 unspecified atom stereocenters. The molecule has 0 bridgehead atoms. The average molecular weight is 299 g/mol. The Bertz CT molecular complexity index is 683. The quantitative estimate of drug-likeness (QED) is 0.882. The standard InChI is InChI=1S/C14H9F4NO2/c15-10-3-1-2-8(6-10)13-9(7-12(20)21)4-5-11(19-13)14(16,17)18/h1-6H,7H2,(H,20,21). The molecule has 1 heterocycles. The minimum Gasteiger partial charge on any atom is -0.481 e. The molecule has 1 aromatic heterocycles. The summed E-state index contributed by atoms with van der Waals surface area (Å²) in [5.74, 6) is -1.86. The molecule has 110 valence electrons. The lowest BCUT2D eigenvalue weighted by Gasteiger charge is -2.12. The van der Waals surface area contributed by atoms with Crippen LogP contribution in [0.15, 0.2) is 36.4 Å². The Kier molecular flexibility index (Phi) is 3.93. The molecule has 1 aromatic carbocycles. The maximum absolute atomic E-state index is 13.2. The number of aromatic nitrogens is 1. The van der Waals surface area contributed by atoms with Crippen molar-refractivity contribution in [2.24, 2.45) is 0 Å². The van der Waals surface area contributed by atoms with Gasteiger partial charge < -0.3 is 5.11 Å². The second-order valence-corrected chi connectivity index (χ2v) is 4.28. The van der Waals surface area contributed by atoms with Crippen molar-refractivity contribution in [1.29, 1.82) is 0 Å². The van der Waals surface area contributed by atoms with Crippen LogP contribution in [0.1, 0.15) is 11.3 Å². The average Bonchev–Trinajstić information content (AvgIpc) is 2.37. The van der Waals surface area contributed by atoms with Crippen molar-refractivity contribution in [1.82, 2.24) is 4.98 Å². The van der Waals surface area contributed by atoms with Gasteiger partial charge in [-0.25, -0.2) is 9.37 Å². The summed E-state index contributed by atoms with van der Waals surface area (Å²) in [6.07, 6.45) is -5.17. The molecular weight excluding hydrogens is 290 g/mol. The van der Waals surface area contributed by atoms with Gasteiger partial charge in [-0.15, -0.1) is 0 Å². The van der Waals surface area contributed by atoms with Crippen molar-refractivity contribution < 1.29 is 27.5 Å². The molecular formula is C14H9F4NO2. The number of rotatable bonds is 3. The highest BCUT2D eigenvalue weighted by Crippen LogP contribution is 2.31. The molecule has 2 rings (SSSR count). The van der Waals surface area contributed by atoms with Gasteiger partial charge in [0.2, 0.25) is 0 Å². The number of carbonyl (C=O) groups is 1. The van der Waals surface area contributed by atoms with Crippen molar-refractivity contribution >= 4 is 5.97 Å². The molecule has 1 N–H and O–H groups in total. The lowest BCUT2D eigenvalue weighted by Crippen LogP contribution is -2.11. The Hall–Kier alpha value is -2.44. The number of alkyl halides is 3. The van der Waals surface area contributed by atoms with E-state index in [0.717, 1.165) is 18.2 Å². The van der Waals surface area contributed by atoms with Gasteiger partial charge in [0.05, 0.1) is 12.1 Å². The van der Waals surface area contributed by atoms with Gasteiger partial charge in [0.15, 0.2) is 0 Å². The van der Waals surface area contributed by atoms with Gasteiger partial charge in [0, 0.05) is 5.56 Å². The summed E-state index contributed by atoms with van der Waals surface area (Å²) < 4.78 is 51.3. The van der Waals surface area contributed by atoms with E-state index in [1.165, 1.54) is 12.1 Å². The van der Waals surface area contributed by atoms with Gasteiger partial charge in [-0.05, 0) is 23.8 Å². The molecule has 21 heavy (non-hydrogen) atoms. The van der Waals surface area contributed by atoms with Crippen molar-refractivity contribution in [3.63, 3.8) is 0 Å². The van der Waals surface area contributed by atoms with E-state index in [9.17, 15) is 22.4 Å². The Morgan fingerprint density at radius 1 is 1.19 bits per heavy atom. The Labute approximate surface area is 116 Å². The van der Waals surface area contributed by atoms with E-state index < -0.39 is 30.1 Å². The number of nitrogens with zero attached hydrogens (tertiary/aromatic N) is 1. The fourth-order valence-corrected chi connectivity index (χ4v) is 1.84. The van der Waals surface area contributed by atoms with Crippen LogP contribution < -0.4 is 0 Å². The number of aliphatic carboxylic acids is 1. The highest BCUT2D eigenvalue weighted by molar-refractivity contribution is 5.75. The van der Waals surface area contributed by atoms with Gasteiger partial charge in [0.1, 0.15) is 11.5 Å². The third kappa shape index (κ3) is 3.56. The number of carboxylic acids is 1. The number of halogens is 4. The number of hydrogen-bond donors (Lipinski definition) is 1. The summed E-state index contributed by atoms with van der Waals surface area (Å²) >= 11 is 0. The first-order valence-corrected chi connectivity index (χ1v) is 5.82. The van der Waals surface area contributed by atoms with E-state index in [1.807, 2.05) is 0 Å². The molecule has 0 aliphatic carbocycles. The maximum Gasteiger partial charge on any atom is 0.433 e. The summed E-state index contributed by atoms with van der Waals surface area (Å²) in [4.78, 5) is 14.2. The highest BCUT2D eigenvalue weighted by atomic mass is 19.4. The lowest BCUT2D eigenvalue weighted by atomic mass is 10.0. The topological polar surface area (TPSA) is 50.2 Å². The molecule has 0 spiro atoms. The summed E-state index contributed by atoms with van der Waals surface area (Å²) in [5.41, 5.74) is -1.17. The molecule has 0 saturated heterocycles. The molecule has 2 aromatic rings. The van der Waals surface area contributed by atoms with Crippen LogP contribution >= 0.6 is 0 Å². The van der Waals surface area contributed by atoms with Crippen molar-refractivity contribution in [3.05, 3.63) is 53.5 Å². The van der Waals surface area contributed by atoms with E-state index in [4.69, 9.17) is 5.11 Å². The summed E-state index contributed by atoms with van der Waals surface area (Å²) in [6.45, 7) is 0. The molecule has 0 aliphatic rings. The Morgan fingerprint density at radius 3 is 2.48 bits per heavy atom. The van der Waals surface area contributed by atoms with Gasteiger partial charge in [-0.3, -0.25) is 4.79 Å². The molecule has 3 nitrogen and oxygen atoms in total. The highest BCUT2D eigenvalue weighted by Gasteiger charge is 2.33. The molecule has 0 fully saturated rings. The van der Waals surface area contributed by atoms with Crippen LogP contribution in [0.2, 0.25) is 0 Å². The monoisotopic (exact) mass is 299 g/mol. The third-order valence-electron chi connectivity index (χ3n) is 2.71. The predicted molar refractivity (Wildman–Crippen MR) is 66.0 cm³/mol. The molecule has 0 amide bonds. The zero-order chi connectivity index (χ0) is 15.6. The predicted octanol–water partition coefficient (Wildman–Crippen LogP) is 3.53. The molecule has 0 atom stereocenters. The number of pyridine rings is 1. The van der Waals surface area contributed by atoms with Gasteiger partial charge >= 0.3 is 12.1 Å². The Morgan fingerprint density at radius 2 is 1.90 bits per heavy atom. The minimum absolute atomic E-state index is 0.0844. The molecule has 0 aliphatic heterocycles. The SMILES string of the molecule is O=C(O)Cc1ccc(C(F)(F)F)nc1-c1cccc(F)c1. The molecule has 0 saturated carbocycles. The van der Waals surface area contributed by atoms with Gasteiger partial charge in [0.25, 0.3) is 0 Å². The van der Waals surface area contributed by atoms with Crippen LogP contribution in [0.25, 0.3) is 11.3 Å². The first kappa shape index (κ1) is 15.0. The van der Waals surface area contributed by atoms with E-state index in [2.05, 4.69) is 4.98 Å². The fourth-order valence-electron chi connectivity index (χ4n) is 1.84. The number of carboxylic acid groups (broad SMARTS) is 1. The van der Waals surface area contributed by atoms with Crippen LogP contribution in [0.4, 0.5) is 17.6 Å². The van der Waals surface area contributed by atoms with Crippen molar-refractivity contribution in [2.75, 3.05) is 0 Å². The summed E-state index contributed by atoms with van der Waals surface area (Å²) in [5, 5.41) is 8.80. The summed E-state index contributed by atoms with van der Waals surface area (Å²) in [6, 6.07) is 6.58. The fraction of sp³-hybridized carbons (Fsp3) is 0.143. The lowest BCUT2D eigenvalue weighted by molar-refractivity contribution is -0.141. The van der Waals surface area contributed by atoms with Crippen molar-refractivity contribution in [2.45, 2.75) is 12.6 Å². The van der Waals surface area contributed by atoms with E-state index in [-0.39, 0.29) is 16.8 Å². The van der Waals surface area contributed by atoms with Gasteiger partial charge in [-0.2, -0.15) is 13.2 Å². The van der Waals surface area contributed by atoms with Gasteiger partial charge in [-0.1, -0.05) is 18.2 Å². The second kappa shape index (κ2) is 5.51. The Balaban J connectivity index is 2.60. The van der Waals surface area contributed by atoms with Crippen LogP contribution in [0, 0.1) is 5.82 Å². The van der Waals surface area contributed by atoms with E-state index in [0.29, 0.717) is 6.07 Å². The van der Waals surface area contributed by atoms with Crippen LogP contribution in [-0.4, -0.2) is 16.1 Å². The first-order chi connectivity index (χ1) is 9.77. The minimum atomic E-state index is -4.66. The molecule has 7 heteroatoms. The van der Waals surface area contributed by atoms with Crippen molar-refractivity contribution in [3.8, 4) is 11.3 Å². The zero-order valence-corrected chi connectivity index (χ0v) is 10.5. The van der Waals surface area contributed by atoms with Crippen LogP contribution in [-0.2, 0) is 17.4 Å². The first-order valence-electron chi connectivity index (χ1n) is 5.82. The maximum atomic E-state index is 13.2.